The fraction of sp³-hybridized carbons (Fsp3) is 0.600. The fourth-order valence-corrected chi connectivity index (χ4v) is 6.91. The first-order chi connectivity index (χ1) is 17.9. The van der Waals surface area contributed by atoms with Gasteiger partial charge >= 0.3 is 5.97 Å². The van der Waals surface area contributed by atoms with E-state index >= 15 is 0 Å². The molecule has 6 heterocycles. The highest BCUT2D eigenvalue weighted by molar-refractivity contribution is 7.99. The van der Waals surface area contributed by atoms with Crippen LogP contribution in [0.25, 0.3) is 0 Å². The van der Waals surface area contributed by atoms with Gasteiger partial charge in [-0.05, 0) is 38.7 Å². The van der Waals surface area contributed by atoms with Crippen LogP contribution in [0.5, 0.6) is 5.75 Å². The Balaban J connectivity index is 1.26. The van der Waals surface area contributed by atoms with Crippen molar-refractivity contribution in [1.82, 2.24) is 15.0 Å². The molecular formula is C25H33N7O4S. The summed E-state index contributed by atoms with van der Waals surface area (Å²) in [6.45, 7) is 5.70. The molecule has 12 heteroatoms. The van der Waals surface area contributed by atoms with Crippen LogP contribution in [-0.2, 0) is 9.47 Å². The van der Waals surface area contributed by atoms with Crippen LogP contribution in [0.3, 0.4) is 0 Å². The first-order valence-corrected chi connectivity index (χ1v) is 13.7. The summed E-state index contributed by atoms with van der Waals surface area (Å²) < 4.78 is 17.0. The molecule has 4 aliphatic rings. The lowest BCUT2D eigenvalue weighted by Crippen LogP contribution is -2.51. The quantitative estimate of drug-likeness (QED) is 0.562. The first kappa shape index (κ1) is 24.5. The van der Waals surface area contributed by atoms with Crippen LogP contribution >= 0.6 is 11.8 Å². The number of methoxy groups -OCH3 is 1. The average molecular weight is 528 g/mol. The summed E-state index contributed by atoms with van der Waals surface area (Å²) in [5.74, 6) is 1.90. The van der Waals surface area contributed by atoms with Gasteiger partial charge < -0.3 is 35.5 Å². The highest BCUT2D eigenvalue weighted by Gasteiger charge is 2.48. The number of carbonyl (C=O) groups excluding carboxylic acids is 1. The zero-order valence-corrected chi connectivity index (χ0v) is 22.0. The highest BCUT2D eigenvalue weighted by Crippen LogP contribution is 2.46. The van der Waals surface area contributed by atoms with Crippen molar-refractivity contribution in [3.8, 4) is 5.75 Å². The molecular weight excluding hydrogens is 494 g/mol. The monoisotopic (exact) mass is 527 g/mol. The van der Waals surface area contributed by atoms with Crippen molar-refractivity contribution >= 4 is 35.2 Å². The third kappa shape index (κ3) is 4.24. The normalized spacial score (nSPS) is 26.1. The van der Waals surface area contributed by atoms with Crippen LogP contribution in [0.15, 0.2) is 22.2 Å². The van der Waals surface area contributed by atoms with Crippen molar-refractivity contribution in [2.75, 3.05) is 55.5 Å². The number of aromatic nitrogens is 3. The molecule has 37 heavy (non-hydrogen) atoms. The summed E-state index contributed by atoms with van der Waals surface area (Å²) in [6, 6.07) is 2.13. The second-order valence-corrected chi connectivity index (χ2v) is 11.4. The van der Waals surface area contributed by atoms with Gasteiger partial charge in [-0.3, -0.25) is 0 Å². The maximum absolute atomic E-state index is 12.8. The van der Waals surface area contributed by atoms with Crippen LogP contribution in [0.2, 0.25) is 0 Å². The van der Waals surface area contributed by atoms with E-state index in [1.807, 2.05) is 6.92 Å². The van der Waals surface area contributed by atoms with E-state index in [1.165, 1.54) is 18.9 Å². The number of esters is 1. The van der Waals surface area contributed by atoms with Crippen LogP contribution < -0.4 is 26.0 Å². The highest BCUT2D eigenvalue weighted by atomic mass is 32.2. The van der Waals surface area contributed by atoms with Gasteiger partial charge in [-0.2, -0.15) is 0 Å². The largest absolute Gasteiger partial charge is 0.486 e. The van der Waals surface area contributed by atoms with E-state index in [4.69, 9.17) is 25.7 Å². The number of nitrogens with zero attached hydrogens (tertiary/aromatic N) is 5. The number of hydrogen-bond acceptors (Lipinski definition) is 12. The zero-order chi connectivity index (χ0) is 25.7. The molecule has 11 nitrogen and oxygen atoms in total. The number of fused-ring (bicyclic) bond motifs is 3. The molecule has 4 N–H and O–H groups in total. The molecule has 0 aliphatic carbocycles. The van der Waals surface area contributed by atoms with E-state index in [0.29, 0.717) is 54.8 Å². The number of pyridine rings is 1. The van der Waals surface area contributed by atoms with Crippen molar-refractivity contribution < 1.29 is 19.0 Å². The minimum Gasteiger partial charge on any atom is -0.486 e. The maximum atomic E-state index is 12.8. The van der Waals surface area contributed by atoms with Gasteiger partial charge in [-0.1, -0.05) is 11.8 Å². The molecule has 3 saturated heterocycles. The number of nitrogens with two attached hydrogens (primary N) is 2. The Bertz CT molecular complexity index is 1210. The first-order valence-electron chi connectivity index (χ1n) is 12.8. The van der Waals surface area contributed by atoms with Crippen LogP contribution in [0, 0.1) is 5.41 Å². The molecule has 6 rings (SSSR count). The van der Waals surface area contributed by atoms with Gasteiger partial charge in [0.1, 0.15) is 17.5 Å². The minimum atomic E-state index is -0.521. The molecule has 198 valence electrons. The summed E-state index contributed by atoms with van der Waals surface area (Å²) >= 11 is 1.36. The third-order valence-electron chi connectivity index (χ3n) is 8.24. The van der Waals surface area contributed by atoms with E-state index in [2.05, 4.69) is 24.8 Å². The predicted octanol–water partition coefficient (Wildman–Crippen LogP) is 2.09. The van der Waals surface area contributed by atoms with Gasteiger partial charge in [0.05, 0.1) is 37.0 Å². The van der Waals surface area contributed by atoms with Gasteiger partial charge in [-0.15, -0.1) is 0 Å². The number of rotatable bonds is 4. The molecule has 3 fully saturated rings. The Morgan fingerprint density at radius 3 is 2.78 bits per heavy atom. The van der Waals surface area contributed by atoms with Crippen molar-refractivity contribution in [3.63, 3.8) is 0 Å². The molecule has 0 bridgehead atoms. The van der Waals surface area contributed by atoms with E-state index in [9.17, 15) is 4.79 Å². The molecule has 0 unspecified atom stereocenters. The SMILES string of the molecule is COC(=O)c1nc(Sc2cc(N)nc3c2OC[C@@H]2CCCN32)cnc1N1CCC2(CC1)CO[C@@H](C)[C@H]2N. The molecule has 0 aromatic carbocycles. The number of carbonyl (C=O) groups is 1. The van der Waals surface area contributed by atoms with Crippen LogP contribution in [0.1, 0.15) is 43.1 Å². The molecule has 0 amide bonds. The lowest BCUT2D eigenvalue weighted by atomic mass is 9.73. The number of ether oxygens (including phenoxy) is 3. The summed E-state index contributed by atoms with van der Waals surface area (Å²) in [6.07, 6.45) is 5.68. The summed E-state index contributed by atoms with van der Waals surface area (Å²) in [7, 11) is 1.36. The minimum absolute atomic E-state index is 0.0105. The molecule has 3 atom stereocenters. The van der Waals surface area contributed by atoms with Gasteiger partial charge in [-0.25, -0.2) is 19.7 Å². The smallest absolute Gasteiger partial charge is 0.360 e. The van der Waals surface area contributed by atoms with Crippen molar-refractivity contribution in [2.24, 2.45) is 11.1 Å². The van der Waals surface area contributed by atoms with E-state index in [0.717, 1.165) is 42.9 Å². The molecule has 2 aromatic heterocycles. The van der Waals surface area contributed by atoms with Crippen LogP contribution in [-0.4, -0.2) is 79.1 Å². The Morgan fingerprint density at radius 2 is 2.05 bits per heavy atom. The maximum Gasteiger partial charge on any atom is 0.360 e. The lowest BCUT2D eigenvalue weighted by Gasteiger charge is -2.41. The standard InChI is InChI=1S/C25H33N7O4S/c1-14-21(27)25(13-36-14)5-8-31(9-6-25)22-19(24(33)34-2)30-18(11-28-22)37-16-10-17(26)29-23-20(16)35-12-15-4-3-7-32(15)23/h10-11,14-15,21H,3-9,12-13,27H2,1-2H3,(H2,26,29)/t14-,15-,21+/m0/s1. The van der Waals surface area contributed by atoms with Gasteiger partial charge in [0.25, 0.3) is 0 Å². The Morgan fingerprint density at radius 1 is 1.24 bits per heavy atom. The molecule has 2 aromatic rings. The number of piperidine rings is 1. The Labute approximate surface area is 220 Å². The molecule has 0 radical (unpaired) electrons. The summed E-state index contributed by atoms with van der Waals surface area (Å²) in [4.78, 5) is 31.9. The number of hydrogen-bond donors (Lipinski definition) is 2. The molecule has 4 aliphatic heterocycles. The topological polar surface area (TPSA) is 142 Å². The molecule has 1 spiro atoms. The van der Waals surface area contributed by atoms with E-state index < -0.39 is 5.97 Å². The average Bonchev–Trinajstić information content (AvgIpc) is 3.50. The Kier molecular flexibility index (Phi) is 6.28. The van der Waals surface area contributed by atoms with Crippen molar-refractivity contribution in [1.29, 1.82) is 0 Å². The fourth-order valence-electron chi connectivity index (χ4n) is 6.02. The van der Waals surface area contributed by atoms with E-state index in [1.54, 1.807) is 12.3 Å². The Hall–Kier alpha value is -2.83. The van der Waals surface area contributed by atoms with E-state index in [-0.39, 0.29) is 23.3 Å². The van der Waals surface area contributed by atoms with Crippen LogP contribution in [0.4, 0.5) is 17.5 Å². The number of nitrogen functional groups attached to an aromatic ring is 1. The third-order valence-corrected chi connectivity index (χ3v) is 9.17. The predicted molar refractivity (Wildman–Crippen MR) is 139 cm³/mol. The van der Waals surface area contributed by atoms with Crippen molar-refractivity contribution in [2.45, 2.75) is 60.7 Å². The zero-order valence-electron chi connectivity index (χ0n) is 21.2. The second-order valence-electron chi connectivity index (χ2n) is 10.4. The van der Waals surface area contributed by atoms with Gasteiger partial charge in [0.15, 0.2) is 23.1 Å². The second kappa shape index (κ2) is 9.48. The summed E-state index contributed by atoms with van der Waals surface area (Å²) in [5, 5.41) is 0.553. The van der Waals surface area contributed by atoms with Gasteiger partial charge in [0.2, 0.25) is 0 Å². The van der Waals surface area contributed by atoms with Crippen molar-refractivity contribution in [3.05, 3.63) is 18.0 Å². The summed E-state index contributed by atoms with van der Waals surface area (Å²) in [5.41, 5.74) is 12.8. The molecule has 0 saturated carbocycles. The lowest BCUT2D eigenvalue weighted by molar-refractivity contribution is 0.0593. The number of anilines is 3. The van der Waals surface area contributed by atoms with Gasteiger partial charge in [0, 0.05) is 31.1 Å².